The lowest BCUT2D eigenvalue weighted by molar-refractivity contribution is -0.119. The molecule has 5 heterocycles. The fourth-order valence-electron chi connectivity index (χ4n) is 7.49. The zero-order chi connectivity index (χ0) is 27.1. The van der Waals surface area contributed by atoms with Crippen molar-refractivity contribution in [2.24, 2.45) is 0 Å². The Morgan fingerprint density at radius 1 is 1.07 bits per heavy atom. The first-order chi connectivity index (χ1) is 19.6. The van der Waals surface area contributed by atoms with Crippen molar-refractivity contribution in [3.8, 4) is 6.01 Å². The van der Waals surface area contributed by atoms with Gasteiger partial charge in [-0.1, -0.05) is 37.3 Å². The van der Waals surface area contributed by atoms with Crippen molar-refractivity contribution in [2.75, 3.05) is 43.0 Å². The Kier molecular flexibility index (Phi) is 6.74. The van der Waals surface area contributed by atoms with E-state index in [1.165, 1.54) is 66.4 Å². The van der Waals surface area contributed by atoms with Gasteiger partial charge in [0.15, 0.2) is 0 Å². The number of anilines is 2. The largest absolute Gasteiger partial charge is 0.461 e. The molecular formula is C32H40N6O2. The number of fused-ring (bicyclic) bond motifs is 3. The van der Waals surface area contributed by atoms with Gasteiger partial charge in [-0.25, -0.2) is 0 Å². The molecule has 2 N–H and O–H groups in total. The number of aryl methyl sites for hydroxylation is 1. The second-order valence-corrected chi connectivity index (χ2v) is 12.0. The van der Waals surface area contributed by atoms with E-state index in [4.69, 9.17) is 14.7 Å². The van der Waals surface area contributed by atoms with E-state index in [1.807, 2.05) is 0 Å². The second kappa shape index (κ2) is 10.5. The highest BCUT2D eigenvalue weighted by molar-refractivity contribution is 5.97. The zero-order valence-electron chi connectivity index (χ0n) is 23.5. The van der Waals surface area contributed by atoms with Gasteiger partial charge in [-0.15, -0.1) is 0 Å². The van der Waals surface area contributed by atoms with Gasteiger partial charge in [0.05, 0.1) is 17.8 Å². The van der Waals surface area contributed by atoms with Crippen LogP contribution in [0.4, 0.5) is 11.5 Å². The molecule has 2 aromatic carbocycles. The summed E-state index contributed by atoms with van der Waals surface area (Å²) in [7, 11) is 0. The Morgan fingerprint density at radius 2 is 1.90 bits per heavy atom. The molecule has 4 aliphatic rings. The summed E-state index contributed by atoms with van der Waals surface area (Å²) in [6.07, 6.45) is 8.19. The Hall–Kier alpha value is -3.39. The van der Waals surface area contributed by atoms with Crippen molar-refractivity contribution in [3.05, 3.63) is 53.2 Å². The number of nitrogens with one attached hydrogen (secondary N) is 2. The van der Waals surface area contributed by atoms with Crippen LogP contribution in [-0.4, -0.2) is 65.1 Å². The van der Waals surface area contributed by atoms with Crippen molar-refractivity contribution in [2.45, 2.75) is 76.4 Å². The quantitative estimate of drug-likeness (QED) is 0.437. The maximum Gasteiger partial charge on any atom is 0.318 e. The summed E-state index contributed by atoms with van der Waals surface area (Å²) < 4.78 is 6.45. The molecule has 0 bridgehead atoms. The summed E-state index contributed by atoms with van der Waals surface area (Å²) in [5, 5.41) is 9.28. The Balaban J connectivity index is 1.19. The number of nitrogens with zero attached hydrogens (tertiary/aromatic N) is 4. The van der Waals surface area contributed by atoms with E-state index in [1.54, 1.807) is 0 Å². The first kappa shape index (κ1) is 25.6. The standard InChI is InChI=1S/C32H40N6O2/c1-2-22-7-3-8-23-9-4-10-27(29(22)23)37-18-13-25-26(20-37)35-31(36-30(25)33-19-24-11-12-28(39)34-24)40-21-32-14-5-16-38(32)17-6-15-32/h3-4,7-10,24H,2,5-6,11-21H2,1H3,(H,34,39)(H,33,35,36)/t24-/m1/s1. The van der Waals surface area contributed by atoms with Gasteiger partial charge in [0.25, 0.3) is 0 Å². The normalized spacial score (nSPS) is 21.9. The molecule has 3 fully saturated rings. The number of amides is 1. The topological polar surface area (TPSA) is 82.6 Å². The third kappa shape index (κ3) is 4.66. The van der Waals surface area contributed by atoms with Gasteiger partial charge in [0, 0.05) is 42.2 Å². The molecule has 0 unspecified atom stereocenters. The van der Waals surface area contributed by atoms with Crippen molar-refractivity contribution < 1.29 is 9.53 Å². The van der Waals surface area contributed by atoms with Crippen LogP contribution in [0, 0.1) is 0 Å². The van der Waals surface area contributed by atoms with Gasteiger partial charge in [-0.05, 0) is 75.1 Å². The molecule has 0 saturated carbocycles. The lowest BCUT2D eigenvalue weighted by Gasteiger charge is -2.33. The number of aromatic nitrogens is 2. The van der Waals surface area contributed by atoms with Crippen LogP contribution in [0.15, 0.2) is 36.4 Å². The number of hydrogen-bond donors (Lipinski definition) is 2. The number of carbonyl (C=O) groups excluding carboxylic acids is 1. The summed E-state index contributed by atoms with van der Waals surface area (Å²) in [5.74, 6) is 0.995. The molecule has 40 heavy (non-hydrogen) atoms. The van der Waals surface area contributed by atoms with Crippen LogP contribution in [0.1, 0.15) is 62.3 Å². The first-order valence-corrected chi connectivity index (χ1v) is 15.2. The van der Waals surface area contributed by atoms with Gasteiger partial charge in [0.2, 0.25) is 5.91 Å². The lowest BCUT2D eigenvalue weighted by atomic mass is 9.95. The Bertz CT molecular complexity index is 1410. The Morgan fingerprint density at radius 3 is 2.67 bits per heavy atom. The lowest BCUT2D eigenvalue weighted by Crippen LogP contribution is -2.43. The number of hydrogen-bond acceptors (Lipinski definition) is 7. The minimum atomic E-state index is 0.134. The van der Waals surface area contributed by atoms with E-state index < -0.39 is 0 Å². The molecule has 210 valence electrons. The van der Waals surface area contributed by atoms with E-state index in [9.17, 15) is 4.79 Å². The maximum atomic E-state index is 11.8. The van der Waals surface area contributed by atoms with E-state index in [0.717, 1.165) is 43.9 Å². The van der Waals surface area contributed by atoms with E-state index in [-0.39, 0.29) is 17.5 Å². The number of benzene rings is 2. The fourth-order valence-corrected chi connectivity index (χ4v) is 7.49. The monoisotopic (exact) mass is 540 g/mol. The van der Waals surface area contributed by atoms with Gasteiger partial charge < -0.3 is 20.3 Å². The molecule has 1 aromatic heterocycles. The van der Waals surface area contributed by atoms with Crippen LogP contribution in [0.5, 0.6) is 6.01 Å². The molecule has 1 atom stereocenters. The van der Waals surface area contributed by atoms with E-state index >= 15 is 0 Å². The van der Waals surface area contributed by atoms with Gasteiger partial charge >= 0.3 is 6.01 Å². The van der Waals surface area contributed by atoms with Crippen LogP contribution in [-0.2, 0) is 24.2 Å². The third-order valence-corrected chi connectivity index (χ3v) is 9.62. The molecule has 3 saturated heterocycles. The average molecular weight is 541 g/mol. The molecule has 7 rings (SSSR count). The smallest absolute Gasteiger partial charge is 0.318 e. The zero-order valence-corrected chi connectivity index (χ0v) is 23.5. The maximum absolute atomic E-state index is 11.8. The fraction of sp³-hybridized carbons (Fsp3) is 0.531. The predicted octanol–water partition coefficient (Wildman–Crippen LogP) is 4.45. The SMILES string of the molecule is CCc1cccc2cccc(N3CCc4c(nc(OCC56CCCN5CCC6)nc4NC[C@H]4CCC(=O)N4)C3)c12. The van der Waals surface area contributed by atoms with Crippen LogP contribution in [0.2, 0.25) is 0 Å². The number of ether oxygens (including phenoxy) is 1. The highest BCUT2D eigenvalue weighted by Gasteiger charge is 2.45. The highest BCUT2D eigenvalue weighted by atomic mass is 16.5. The third-order valence-electron chi connectivity index (χ3n) is 9.62. The summed E-state index contributed by atoms with van der Waals surface area (Å²) in [4.78, 5) is 26.8. The summed E-state index contributed by atoms with van der Waals surface area (Å²) >= 11 is 0. The van der Waals surface area contributed by atoms with Crippen LogP contribution in [0.25, 0.3) is 10.8 Å². The molecular weight excluding hydrogens is 500 g/mol. The minimum absolute atomic E-state index is 0.134. The van der Waals surface area contributed by atoms with Crippen molar-refractivity contribution in [3.63, 3.8) is 0 Å². The van der Waals surface area contributed by atoms with Crippen LogP contribution in [0.3, 0.4) is 0 Å². The Labute approximate surface area is 236 Å². The highest BCUT2D eigenvalue weighted by Crippen LogP contribution is 2.39. The van der Waals surface area contributed by atoms with Crippen molar-refractivity contribution in [1.29, 1.82) is 0 Å². The van der Waals surface area contributed by atoms with E-state index in [2.05, 4.69) is 63.8 Å². The molecule has 0 aliphatic carbocycles. The van der Waals surface area contributed by atoms with Crippen molar-refractivity contribution >= 4 is 28.2 Å². The average Bonchev–Trinajstić information content (AvgIpc) is 3.69. The number of carbonyl (C=O) groups is 1. The van der Waals surface area contributed by atoms with Crippen LogP contribution < -0.4 is 20.3 Å². The van der Waals surface area contributed by atoms with Crippen LogP contribution >= 0.6 is 0 Å². The summed E-state index contributed by atoms with van der Waals surface area (Å²) in [5.41, 5.74) is 5.00. The van der Waals surface area contributed by atoms with Gasteiger partial charge in [0.1, 0.15) is 12.4 Å². The first-order valence-electron chi connectivity index (χ1n) is 15.2. The number of rotatable bonds is 8. The molecule has 3 aromatic rings. The van der Waals surface area contributed by atoms with E-state index in [0.29, 0.717) is 25.6 Å². The molecule has 8 heteroatoms. The minimum Gasteiger partial charge on any atom is -0.461 e. The molecule has 4 aliphatic heterocycles. The molecule has 1 amide bonds. The van der Waals surface area contributed by atoms with Crippen molar-refractivity contribution in [1.82, 2.24) is 20.2 Å². The summed E-state index contributed by atoms with van der Waals surface area (Å²) in [6.45, 7) is 7.52. The molecule has 8 nitrogen and oxygen atoms in total. The molecule has 0 spiro atoms. The second-order valence-electron chi connectivity index (χ2n) is 12.0. The van der Waals surface area contributed by atoms with Gasteiger partial charge in [-0.3, -0.25) is 9.69 Å². The molecule has 0 radical (unpaired) electrons. The summed E-state index contributed by atoms with van der Waals surface area (Å²) in [6, 6.07) is 13.8. The van der Waals surface area contributed by atoms with Gasteiger partial charge in [-0.2, -0.15) is 9.97 Å². The predicted molar refractivity (Wildman–Crippen MR) is 158 cm³/mol.